The Bertz CT molecular complexity index is 585. The molecule has 1 aromatic carbocycles. The second kappa shape index (κ2) is 6.40. The molecule has 110 valence electrons. The summed E-state index contributed by atoms with van der Waals surface area (Å²) < 4.78 is 0. The first-order valence-corrected chi connectivity index (χ1v) is 8.03. The maximum absolute atomic E-state index is 4.30. The Morgan fingerprint density at radius 3 is 2.52 bits per heavy atom. The SMILES string of the molecule is CCNC(c1ccc(C2CCC2)cc1)c1cnccc1C. The number of pyridine rings is 1. The van der Waals surface area contributed by atoms with Crippen LogP contribution < -0.4 is 5.32 Å². The van der Waals surface area contributed by atoms with E-state index in [-0.39, 0.29) is 6.04 Å². The van der Waals surface area contributed by atoms with Crippen LogP contribution in [0, 0.1) is 6.92 Å². The molecule has 2 nitrogen and oxygen atoms in total. The number of hydrogen-bond donors (Lipinski definition) is 1. The molecule has 1 aliphatic carbocycles. The van der Waals surface area contributed by atoms with Crippen molar-refractivity contribution in [1.29, 1.82) is 0 Å². The maximum atomic E-state index is 4.30. The van der Waals surface area contributed by atoms with Crippen molar-refractivity contribution < 1.29 is 0 Å². The summed E-state index contributed by atoms with van der Waals surface area (Å²) in [7, 11) is 0. The molecule has 0 bridgehead atoms. The molecule has 1 aliphatic rings. The summed E-state index contributed by atoms with van der Waals surface area (Å²) in [5.74, 6) is 0.803. The minimum absolute atomic E-state index is 0.235. The summed E-state index contributed by atoms with van der Waals surface area (Å²) in [6.45, 7) is 5.26. The largest absolute Gasteiger partial charge is 0.306 e. The monoisotopic (exact) mass is 280 g/mol. The second-order valence-electron chi connectivity index (χ2n) is 6.02. The van der Waals surface area contributed by atoms with Crippen LogP contribution in [0.15, 0.2) is 42.7 Å². The number of rotatable bonds is 5. The molecule has 1 fully saturated rings. The predicted octanol–water partition coefficient (Wildman–Crippen LogP) is 4.36. The Hall–Kier alpha value is -1.67. The van der Waals surface area contributed by atoms with E-state index in [9.17, 15) is 0 Å². The molecular formula is C19H24N2. The van der Waals surface area contributed by atoms with Crippen LogP contribution in [-0.2, 0) is 0 Å². The Kier molecular flexibility index (Phi) is 4.35. The topological polar surface area (TPSA) is 24.9 Å². The Morgan fingerprint density at radius 1 is 1.19 bits per heavy atom. The zero-order valence-corrected chi connectivity index (χ0v) is 13.0. The average Bonchev–Trinajstić information content (AvgIpc) is 2.45. The molecule has 1 heterocycles. The molecule has 1 unspecified atom stereocenters. The standard InChI is InChI=1S/C19H24N2/c1-3-21-19(18-13-20-12-11-14(18)2)17-9-7-16(8-10-17)15-5-4-6-15/h7-13,15,19,21H,3-6H2,1-2H3. The van der Waals surface area contributed by atoms with Crippen molar-refractivity contribution in [3.05, 3.63) is 65.0 Å². The van der Waals surface area contributed by atoms with Gasteiger partial charge in [0.25, 0.3) is 0 Å². The number of benzene rings is 1. The van der Waals surface area contributed by atoms with Gasteiger partial charge in [-0.3, -0.25) is 4.98 Å². The number of aromatic nitrogens is 1. The normalized spacial score (nSPS) is 16.5. The third-order valence-electron chi connectivity index (χ3n) is 4.65. The van der Waals surface area contributed by atoms with E-state index in [4.69, 9.17) is 0 Å². The lowest BCUT2D eigenvalue weighted by atomic mass is 9.79. The zero-order valence-electron chi connectivity index (χ0n) is 13.0. The number of hydrogen-bond acceptors (Lipinski definition) is 2. The molecule has 1 atom stereocenters. The molecule has 2 heteroatoms. The first-order valence-electron chi connectivity index (χ1n) is 8.03. The van der Waals surface area contributed by atoms with Crippen molar-refractivity contribution in [2.75, 3.05) is 6.54 Å². The predicted molar refractivity (Wildman–Crippen MR) is 87.5 cm³/mol. The van der Waals surface area contributed by atoms with Crippen LogP contribution in [-0.4, -0.2) is 11.5 Å². The molecule has 0 spiro atoms. The van der Waals surface area contributed by atoms with Crippen molar-refractivity contribution in [1.82, 2.24) is 10.3 Å². The summed E-state index contributed by atoms with van der Waals surface area (Å²) in [5.41, 5.74) is 5.40. The highest BCUT2D eigenvalue weighted by molar-refractivity contribution is 5.37. The van der Waals surface area contributed by atoms with E-state index >= 15 is 0 Å². The lowest BCUT2D eigenvalue weighted by molar-refractivity contribution is 0.419. The molecule has 1 N–H and O–H groups in total. The van der Waals surface area contributed by atoms with E-state index in [0.29, 0.717) is 0 Å². The highest BCUT2D eigenvalue weighted by Gasteiger charge is 2.20. The number of nitrogens with one attached hydrogen (secondary N) is 1. The van der Waals surface area contributed by atoms with E-state index < -0.39 is 0 Å². The van der Waals surface area contributed by atoms with Gasteiger partial charge >= 0.3 is 0 Å². The van der Waals surface area contributed by atoms with Crippen LogP contribution >= 0.6 is 0 Å². The van der Waals surface area contributed by atoms with Gasteiger partial charge in [0, 0.05) is 12.4 Å². The fourth-order valence-electron chi connectivity index (χ4n) is 3.09. The summed E-state index contributed by atoms with van der Waals surface area (Å²) in [4.78, 5) is 4.30. The molecular weight excluding hydrogens is 256 g/mol. The molecule has 0 saturated heterocycles. The Morgan fingerprint density at radius 2 is 1.95 bits per heavy atom. The zero-order chi connectivity index (χ0) is 14.7. The van der Waals surface area contributed by atoms with Gasteiger partial charge in [0.05, 0.1) is 6.04 Å². The van der Waals surface area contributed by atoms with Gasteiger partial charge in [-0.2, -0.15) is 0 Å². The van der Waals surface area contributed by atoms with Crippen LogP contribution in [0.1, 0.15) is 60.4 Å². The van der Waals surface area contributed by atoms with Gasteiger partial charge in [0.1, 0.15) is 0 Å². The maximum Gasteiger partial charge on any atom is 0.0594 e. The van der Waals surface area contributed by atoms with Crippen molar-refractivity contribution in [2.45, 2.75) is 45.1 Å². The molecule has 0 aliphatic heterocycles. The number of aryl methyl sites for hydroxylation is 1. The van der Waals surface area contributed by atoms with Gasteiger partial charge in [0.15, 0.2) is 0 Å². The fraction of sp³-hybridized carbons (Fsp3) is 0.421. The Labute approximate surface area is 127 Å². The summed E-state index contributed by atoms with van der Waals surface area (Å²) in [5, 5.41) is 3.59. The van der Waals surface area contributed by atoms with Gasteiger partial charge in [0.2, 0.25) is 0 Å². The van der Waals surface area contributed by atoms with Gasteiger partial charge in [-0.15, -0.1) is 0 Å². The second-order valence-corrected chi connectivity index (χ2v) is 6.02. The molecule has 1 aromatic heterocycles. The van der Waals surface area contributed by atoms with Crippen molar-refractivity contribution >= 4 is 0 Å². The fourth-order valence-corrected chi connectivity index (χ4v) is 3.09. The van der Waals surface area contributed by atoms with Crippen LogP contribution in [0.25, 0.3) is 0 Å². The quantitative estimate of drug-likeness (QED) is 0.880. The molecule has 0 amide bonds. The summed E-state index contributed by atoms with van der Waals surface area (Å²) in [6.07, 6.45) is 7.96. The van der Waals surface area contributed by atoms with Gasteiger partial charge in [-0.05, 0) is 60.5 Å². The van der Waals surface area contributed by atoms with E-state index in [2.05, 4.69) is 54.5 Å². The molecule has 3 rings (SSSR count). The van der Waals surface area contributed by atoms with Crippen LogP contribution in [0.3, 0.4) is 0 Å². The van der Waals surface area contributed by atoms with Gasteiger partial charge in [-0.1, -0.05) is 37.6 Å². The number of nitrogens with zero attached hydrogens (tertiary/aromatic N) is 1. The first kappa shape index (κ1) is 14.3. The summed E-state index contributed by atoms with van der Waals surface area (Å²) >= 11 is 0. The van der Waals surface area contributed by atoms with Crippen molar-refractivity contribution in [2.24, 2.45) is 0 Å². The summed E-state index contributed by atoms with van der Waals surface area (Å²) in [6, 6.07) is 11.5. The van der Waals surface area contributed by atoms with Crippen LogP contribution in [0.4, 0.5) is 0 Å². The van der Waals surface area contributed by atoms with Crippen LogP contribution in [0.5, 0.6) is 0 Å². The molecule has 0 radical (unpaired) electrons. The average molecular weight is 280 g/mol. The highest BCUT2D eigenvalue weighted by Crippen LogP contribution is 2.36. The van der Waals surface area contributed by atoms with Crippen LogP contribution in [0.2, 0.25) is 0 Å². The highest BCUT2D eigenvalue weighted by atomic mass is 14.9. The third-order valence-corrected chi connectivity index (χ3v) is 4.65. The molecule has 21 heavy (non-hydrogen) atoms. The Balaban J connectivity index is 1.88. The van der Waals surface area contributed by atoms with Gasteiger partial charge < -0.3 is 5.32 Å². The lowest BCUT2D eigenvalue weighted by Gasteiger charge is -2.26. The van der Waals surface area contributed by atoms with E-state index in [1.165, 1.54) is 41.5 Å². The molecule has 2 aromatic rings. The molecule has 1 saturated carbocycles. The minimum atomic E-state index is 0.235. The lowest BCUT2D eigenvalue weighted by Crippen LogP contribution is -2.23. The smallest absolute Gasteiger partial charge is 0.0594 e. The van der Waals surface area contributed by atoms with Crippen molar-refractivity contribution in [3.8, 4) is 0 Å². The first-order chi connectivity index (χ1) is 10.3. The van der Waals surface area contributed by atoms with E-state index in [1.54, 1.807) is 0 Å². The minimum Gasteiger partial charge on any atom is -0.306 e. The van der Waals surface area contributed by atoms with E-state index in [0.717, 1.165) is 12.5 Å². The van der Waals surface area contributed by atoms with E-state index in [1.807, 2.05) is 12.4 Å². The van der Waals surface area contributed by atoms with Crippen molar-refractivity contribution in [3.63, 3.8) is 0 Å². The van der Waals surface area contributed by atoms with Gasteiger partial charge in [-0.25, -0.2) is 0 Å². The third kappa shape index (κ3) is 3.01.